The molecule has 222 valence electrons. The van der Waals surface area contributed by atoms with Crippen molar-refractivity contribution in [3.8, 4) is 28.4 Å². The van der Waals surface area contributed by atoms with Gasteiger partial charge in [-0.1, -0.05) is 33.8 Å². The number of methoxy groups -OCH3 is 2. The monoisotopic (exact) mass is 576 g/mol. The Balaban J connectivity index is 1.75. The molecule has 0 spiro atoms. The smallest absolute Gasteiger partial charge is 0.190 e. The molecule has 0 saturated heterocycles. The van der Waals surface area contributed by atoms with Gasteiger partial charge in [-0.3, -0.25) is 24.0 Å². The number of Topliss-reactive ketones (excluding diaryl/α,β-unsaturated/α-hetero) is 5. The Morgan fingerprint density at radius 3 is 2.19 bits per heavy atom. The van der Waals surface area contributed by atoms with Crippen LogP contribution < -0.4 is 9.47 Å². The molecule has 2 fully saturated rings. The van der Waals surface area contributed by atoms with Crippen LogP contribution in [-0.2, 0) is 25.6 Å². The number of carbonyl (C=O) groups is 5. The molecule has 2 N–H and O–H groups in total. The number of phenolic OH excluding ortho intramolecular Hbond substituents is 1. The highest BCUT2D eigenvalue weighted by molar-refractivity contribution is 6.32. The van der Waals surface area contributed by atoms with E-state index in [1.54, 1.807) is 52.0 Å². The fourth-order valence-corrected chi connectivity index (χ4v) is 8.41. The van der Waals surface area contributed by atoms with E-state index in [1.165, 1.54) is 20.3 Å². The van der Waals surface area contributed by atoms with Gasteiger partial charge < -0.3 is 19.7 Å². The number of benzene rings is 2. The molecule has 0 amide bonds. The number of hydrogen-bond acceptors (Lipinski definition) is 9. The lowest BCUT2D eigenvalue weighted by atomic mass is 9.40. The summed E-state index contributed by atoms with van der Waals surface area (Å²) in [5.74, 6) is -8.18. The molecule has 3 aliphatic rings. The van der Waals surface area contributed by atoms with E-state index >= 15 is 0 Å². The van der Waals surface area contributed by atoms with Crippen LogP contribution in [0.1, 0.15) is 57.0 Å². The second-order valence-electron chi connectivity index (χ2n) is 12.9. The second-order valence-corrected chi connectivity index (χ2v) is 12.9. The number of aliphatic hydroxyl groups is 1. The first-order valence-electron chi connectivity index (χ1n) is 14.1. The lowest BCUT2D eigenvalue weighted by molar-refractivity contribution is -0.205. The summed E-state index contributed by atoms with van der Waals surface area (Å²) in [6.45, 7) is 7.92. The first-order valence-corrected chi connectivity index (χ1v) is 14.1. The highest BCUT2D eigenvalue weighted by Gasteiger charge is 2.76. The van der Waals surface area contributed by atoms with Crippen LogP contribution in [-0.4, -0.2) is 58.9 Å². The van der Waals surface area contributed by atoms with Gasteiger partial charge >= 0.3 is 0 Å². The predicted octanol–water partition coefficient (Wildman–Crippen LogP) is 3.78. The number of fused-ring (bicyclic) bond motifs is 3. The summed E-state index contributed by atoms with van der Waals surface area (Å²) in [5.41, 5.74) is -3.73. The fraction of sp³-hybridized carbons (Fsp3) is 0.485. The summed E-state index contributed by atoms with van der Waals surface area (Å²) in [5, 5.41) is 23.1. The zero-order chi connectivity index (χ0) is 31.1. The van der Waals surface area contributed by atoms with E-state index in [4.69, 9.17) is 9.47 Å². The van der Waals surface area contributed by atoms with Crippen LogP contribution in [0.2, 0.25) is 0 Å². The third-order valence-corrected chi connectivity index (χ3v) is 9.96. The molecule has 6 atom stereocenters. The topological polar surface area (TPSA) is 144 Å². The van der Waals surface area contributed by atoms with Gasteiger partial charge in [0.05, 0.1) is 25.7 Å². The van der Waals surface area contributed by atoms with Gasteiger partial charge in [0.15, 0.2) is 28.7 Å². The van der Waals surface area contributed by atoms with Crippen molar-refractivity contribution >= 4 is 28.9 Å². The number of rotatable bonds is 5. The highest BCUT2D eigenvalue weighted by Crippen LogP contribution is 2.64. The normalized spacial score (nSPS) is 32.3. The highest BCUT2D eigenvalue weighted by atomic mass is 16.5. The fourth-order valence-electron chi connectivity index (χ4n) is 8.41. The van der Waals surface area contributed by atoms with E-state index in [2.05, 4.69) is 0 Å². The molecule has 9 heteroatoms. The largest absolute Gasteiger partial charge is 0.507 e. The van der Waals surface area contributed by atoms with Crippen LogP contribution in [0.25, 0.3) is 11.1 Å². The minimum Gasteiger partial charge on any atom is -0.507 e. The van der Waals surface area contributed by atoms with Crippen LogP contribution in [0.3, 0.4) is 0 Å². The Bertz CT molecular complexity index is 1570. The number of ketones is 5. The molecule has 5 rings (SSSR count). The van der Waals surface area contributed by atoms with Crippen molar-refractivity contribution in [3.05, 3.63) is 41.5 Å². The van der Waals surface area contributed by atoms with E-state index in [0.29, 0.717) is 28.2 Å². The minimum atomic E-state index is -2.73. The SMILES string of the molecule is COc1ccc(-c2ccc(O)c3c2C[C@]2(C)C[C@]4(C)C(C(C)C)C(=O)C(C(C)=O)C(=O)[C@]4(O)C(=O)C2C3=O)c(OC)c1. The Labute approximate surface area is 244 Å². The molecule has 2 saturated carbocycles. The van der Waals surface area contributed by atoms with Crippen molar-refractivity contribution in [2.45, 2.75) is 53.1 Å². The maximum Gasteiger partial charge on any atom is 0.190 e. The van der Waals surface area contributed by atoms with Crippen LogP contribution in [0.4, 0.5) is 0 Å². The summed E-state index contributed by atoms with van der Waals surface area (Å²) in [6, 6.07) is 8.28. The molecule has 2 aromatic carbocycles. The predicted molar refractivity (Wildman–Crippen MR) is 151 cm³/mol. The zero-order valence-corrected chi connectivity index (χ0v) is 24.9. The van der Waals surface area contributed by atoms with E-state index in [9.17, 15) is 34.2 Å². The molecule has 3 aliphatic carbocycles. The summed E-state index contributed by atoms with van der Waals surface area (Å²) < 4.78 is 10.9. The molecular formula is C33H36O9. The van der Waals surface area contributed by atoms with Crippen LogP contribution in [0, 0.1) is 34.5 Å². The quantitative estimate of drug-likeness (QED) is 0.508. The third kappa shape index (κ3) is 3.68. The number of aromatic hydroxyl groups is 1. The minimum absolute atomic E-state index is 0.0160. The maximum atomic E-state index is 14.4. The Morgan fingerprint density at radius 2 is 1.62 bits per heavy atom. The van der Waals surface area contributed by atoms with Crippen molar-refractivity contribution in [1.82, 2.24) is 0 Å². The molecule has 9 nitrogen and oxygen atoms in total. The van der Waals surface area contributed by atoms with Gasteiger partial charge in [0.1, 0.15) is 28.9 Å². The number of ether oxygens (including phenoxy) is 2. The first kappa shape index (κ1) is 29.6. The van der Waals surface area contributed by atoms with Gasteiger partial charge in [0.25, 0.3) is 0 Å². The molecule has 0 bridgehead atoms. The van der Waals surface area contributed by atoms with E-state index < -0.39 is 69.0 Å². The molecule has 0 aliphatic heterocycles. The molecule has 0 aromatic heterocycles. The average Bonchev–Trinajstić information content (AvgIpc) is 2.90. The van der Waals surface area contributed by atoms with Crippen LogP contribution >= 0.6 is 0 Å². The van der Waals surface area contributed by atoms with Crippen LogP contribution in [0.5, 0.6) is 17.2 Å². The second kappa shape index (κ2) is 9.59. The van der Waals surface area contributed by atoms with Crippen molar-refractivity contribution in [2.24, 2.45) is 34.5 Å². The standard InChI is InChI=1S/C33H36O9/c1-15(2)25-27(36)23(16(3)34)29(38)33(40)30(39)26-28(37)24-20(13-31(26,4)14-32(25,33)5)18(10-11-21(24)35)19-9-8-17(41-6)12-22(19)42-7/h8-12,15,23,25-26,35,40H,13-14H2,1-7H3/t23?,25?,26?,31-,32-,33+/m1/s1. The van der Waals surface area contributed by atoms with Crippen molar-refractivity contribution in [2.75, 3.05) is 14.2 Å². The van der Waals surface area contributed by atoms with Crippen molar-refractivity contribution in [3.63, 3.8) is 0 Å². The summed E-state index contributed by atoms with van der Waals surface area (Å²) in [6.07, 6.45) is 0.121. The summed E-state index contributed by atoms with van der Waals surface area (Å²) in [4.78, 5) is 68.6. The molecule has 42 heavy (non-hydrogen) atoms. The van der Waals surface area contributed by atoms with Gasteiger partial charge in [0, 0.05) is 23.0 Å². The van der Waals surface area contributed by atoms with Crippen molar-refractivity contribution < 1.29 is 43.7 Å². The molecule has 2 aromatic rings. The molecule has 0 heterocycles. The number of hydrogen-bond donors (Lipinski definition) is 2. The number of carbonyl (C=O) groups excluding carboxylic acids is 5. The zero-order valence-electron chi connectivity index (χ0n) is 24.9. The Morgan fingerprint density at radius 1 is 0.976 bits per heavy atom. The maximum absolute atomic E-state index is 14.4. The van der Waals surface area contributed by atoms with Gasteiger partial charge in [-0.05, 0) is 60.4 Å². The van der Waals surface area contributed by atoms with Gasteiger partial charge in [-0.25, -0.2) is 0 Å². The van der Waals surface area contributed by atoms with E-state index in [-0.39, 0.29) is 24.2 Å². The Kier molecular flexibility index (Phi) is 6.77. The molecular weight excluding hydrogens is 540 g/mol. The van der Waals surface area contributed by atoms with E-state index in [1.807, 2.05) is 0 Å². The van der Waals surface area contributed by atoms with Gasteiger partial charge in [-0.2, -0.15) is 0 Å². The van der Waals surface area contributed by atoms with Gasteiger partial charge in [0.2, 0.25) is 0 Å². The first-order chi connectivity index (χ1) is 19.6. The van der Waals surface area contributed by atoms with Crippen molar-refractivity contribution in [1.29, 1.82) is 0 Å². The lowest BCUT2D eigenvalue weighted by Gasteiger charge is -2.61. The molecule has 0 radical (unpaired) electrons. The van der Waals surface area contributed by atoms with E-state index in [0.717, 1.165) is 6.92 Å². The Hall–Kier alpha value is -3.85. The van der Waals surface area contributed by atoms with Crippen LogP contribution in [0.15, 0.2) is 30.3 Å². The molecule has 3 unspecified atom stereocenters. The van der Waals surface area contributed by atoms with Gasteiger partial charge in [-0.15, -0.1) is 0 Å². The lowest BCUT2D eigenvalue weighted by Crippen LogP contribution is -2.76. The summed E-state index contributed by atoms with van der Waals surface area (Å²) in [7, 11) is 3.04. The third-order valence-electron chi connectivity index (χ3n) is 9.96. The summed E-state index contributed by atoms with van der Waals surface area (Å²) >= 11 is 0. The number of phenols is 1. The average molecular weight is 577 g/mol.